The quantitative estimate of drug-likeness (QED) is 0.648. The molecule has 1 saturated carbocycles. The molecule has 0 atom stereocenters. The molecule has 0 unspecified atom stereocenters. The van der Waals surface area contributed by atoms with Gasteiger partial charge in [0.05, 0.1) is 0 Å². The van der Waals surface area contributed by atoms with Crippen molar-refractivity contribution in [1.29, 1.82) is 0 Å². The highest BCUT2D eigenvalue weighted by Gasteiger charge is 2.27. The fraction of sp³-hybridized carbons (Fsp3) is 0.727. The lowest BCUT2D eigenvalue weighted by Crippen LogP contribution is -2.24. The first-order valence-electron chi connectivity index (χ1n) is 4.93. The van der Waals surface area contributed by atoms with Crippen LogP contribution in [0, 0.1) is 0 Å². The summed E-state index contributed by atoms with van der Waals surface area (Å²) in [5, 5.41) is 0. The Hall–Kier alpha value is -0.240. The van der Waals surface area contributed by atoms with Crippen molar-refractivity contribution >= 4 is 17.5 Å². The maximum absolute atomic E-state index is 10.8. The van der Waals surface area contributed by atoms with Gasteiger partial charge in [-0.2, -0.15) is 11.8 Å². The molecule has 1 fully saturated rings. The molecule has 0 aliphatic heterocycles. The molecular formula is C11H18OS. The maximum atomic E-state index is 10.8. The van der Waals surface area contributed by atoms with E-state index in [2.05, 4.69) is 12.3 Å². The zero-order chi connectivity index (χ0) is 9.73. The molecule has 0 aromatic carbocycles. The highest BCUT2D eigenvalue weighted by atomic mass is 32.2. The van der Waals surface area contributed by atoms with Crippen LogP contribution in [-0.2, 0) is 4.79 Å². The van der Waals surface area contributed by atoms with E-state index in [1.54, 1.807) is 13.0 Å². The Kier molecular flexibility index (Phi) is 4.04. The third-order valence-corrected chi connectivity index (χ3v) is 4.09. The standard InChI is InChI=1S/C11H18OS/c1-10(12)6-9-11(13-2)7-4-3-5-8-11/h6,9H,3-5,7-8H2,1-2H3/b9-6+. The number of ketones is 1. The Morgan fingerprint density at radius 1 is 1.31 bits per heavy atom. The predicted molar refractivity (Wildman–Crippen MR) is 59.2 cm³/mol. The lowest BCUT2D eigenvalue weighted by molar-refractivity contribution is -0.112. The zero-order valence-electron chi connectivity index (χ0n) is 8.51. The fourth-order valence-electron chi connectivity index (χ4n) is 1.86. The van der Waals surface area contributed by atoms with E-state index in [1.165, 1.54) is 32.1 Å². The Labute approximate surface area is 85.0 Å². The van der Waals surface area contributed by atoms with Crippen molar-refractivity contribution < 1.29 is 4.79 Å². The third kappa shape index (κ3) is 3.18. The second kappa shape index (κ2) is 4.85. The van der Waals surface area contributed by atoms with Gasteiger partial charge in [0.2, 0.25) is 0 Å². The number of hydrogen-bond donors (Lipinski definition) is 0. The first-order chi connectivity index (χ1) is 6.18. The lowest BCUT2D eigenvalue weighted by Gasteiger charge is -2.32. The highest BCUT2D eigenvalue weighted by Crippen LogP contribution is 2.39. The van der Waals surface area contributed by atoms with Crippen LogP contribution < -0.4 is 0 Å². The molecule has 0 heterocycles. The summed E-state index contributed by atoms with van der Waals surface area (Å²) in [6.07, 6.45) is 12.5. The topological polar surface area (TPSA) is 17.1 Å². The van der Waals surface area contributed by atoms with Crippen molar-refractivity contribution in [3.63, 3.8) is 0 Å². The Morgan fingerprint density at radius 2 is 1.92 bits per heavy atom. The van der Waals surface area contributed by atoms with Gasteiger partial charge in [0.1, 0.15) is 0 Å². The van der Waals surface area contributed by atoms with Crippen LogP contribution in [0.5, 0.6) is 0 Å². The van der Waals surface area contributed by atoms with Gasteiger partial charge in [-0.15, -0.1) is 0 Å². The molecule has 74 valence electrons. The van der Waals surface area contributed by atoms with E-state index in [-0.39, 0.29) is 10.5 Å². The molecule has 0 N–H and O–H groups in total. The van der Waals surface area contributed by atoms with Gasteiger partial charge in [-0.25, -0.2) is 0 Å². The normalized spacial score (nSPS) is 22.0. The molecule has 0 amide bonds. The average Bonchev–Trinajstić information content (AvgIpc) is 2.16. The van der Waals surface area contributed by atoms with E-state index in [0.717, 1.165) is 0 Å². The summed E-state index contributed by atoms with van der Waals surface area (Å²) >= 11 is 1.90. The highest BCUT2D eigenvalue weighted by molar-refractivity contribution is 8.00. The summed E-state index contributed by atoms with van der Waals surface area (Å²) in [4.78, 5) is 10.8. The molecule has 0 bridgehead atoms. The number of carbonyl (C=O) groups excluding carboxylic acids is 1. The Bertz CT molecular complexity index is 202. The van der Waals surface area contributed by atoms with Gasteiger partial charge < -0.3 is 0 Å². The molecule has 1 nitrogen and oxygen atoms in total. The van der Waals surface area contributed by atoms with Gasteiger partial charge in [0, 0.05) is 4.75 Å². The average molecular weight is 198 g/mol. The van der Waals surface area contributed by atoms with E-state index >= 15 is 0 Å². The van der Waals surface area contributed by atoms with E-state index in [0.29, 0.717) is 0 Å². The summed E-state index contributed by atoms with van der Waals surface area (Å²) in [5.41, 5.74) is 0. The monoisotopic (exact) mass is 198 g/mol. The van der Waals surface area contributed by atoms with Crippen LogP contribution in [-0.4, -0.2) is 16.8 Å². The molecule has 1 rings (SSSR count). The number of thioether (sulfide) groups is 1. The molecule has 0 aromatic heterocycles. The van der Waals surface area contributed by atoms with Gasteiger partial charge >= 0.3 is 0 Å². The summed E-state index contributed by atoms with van der Waals surface area (Å²) in [7, 11) is 0. The van der Waals surface area contributed by atoms with Crippen molar-refractivity contribution in [1.82, 2.24) is 0 Å². The van der Waals surface area contributed by atoms with Crippen molar-refractivity contribution in [2.75, 3.05) is 6.26 Å². The summed E-state index contributed by atoms with van der Waals surface area (Å²) in [6.45, 7) is 1.62. The minimum absolute atomic E-state index is 0.166. The number of carbonyl (C=O) groups is 1. The first-order valence-corrected chi connectivity index (χ1v) is 6.16. The molecule has 13 heavy (non-hydrogen) atoms. The van der Waals surface area contributed by atoms with E-state index in [9.17, 15) is 4.79 Å². The summed E-state index contributed by atoms with van der Waals surface area (Å²) in [6, 6.07) is 0. The van der Waals surface area contributed by atoms with Crippen LogP contribution in [0.2, 0.25) is 0 Å². The van der Waals surface area contributed by atoms with Crippen molar-refractivity contribution in [3.05, 3.63) is 12.2 Å². The molecule has 1 aliphatic carbocycles. The summed E-state index contributed by atoms with van der Waals surface area (Å²) in [5.74, 6) is 0.166. The van der Waals surface area contributed by atoms with Gasteiger partial charge in [-0.05, 0) is 32.1 Å². The fourth-order valence-corrected chi connectivity index (χ4v) is 2.76. The van der Waals surface area contributed by atoms with E-state index in [4.69, 9.17) is 0 Å². The van der Waals surface area contributed by atoms with Crippen LogP contribution in [0.1, 0.15) is 39.0 Å². The second-order valence-electron chi connectivity index (χ2n) is 3.77. The zero-order valence-corrected chi connectivity index (χ0v) is 9.32. The lowest BCUT2D eigenvalue weighted by atomic mass is 9.88. The predicted octanol–water partition coefficient (Wildman–Crippen LogP) is 3.20. The maximum Gasteiger partial charge on any atom is 0.152 e. The number of rotatable bonds is 3. The molecule has 2 heteroatoms. The van der Waals surface area contributed by atoms with Crippen molar-refractivity contribution in [2.45, 2.75) is 43.8 Å². The minimum atomic E-state index is 0.166. The van der Waals surface area contributed by atoms with Crippen molar-refractivity contribution in [2.24, 2.45) is 0 Å². The molecule has 0 spiro atoms. The molecular weight excluding hydrogens is 180 g/mol. The molecule has 0 saturated heterocycles. The SMILES string of the molecule is CSC1(/C=C/C(C)=O)CCCCC1. The Morgan fingerprint density at radius 3 is 2.38 bits per heavy atom. The van der Waals surface area contributed by atoms with Crippen LogP contribution in [0.3, 0.4) is 0 Å². The van der Waals surface area contributed by atoms with Gasteiger partial charge in [-0.1, -0.05) is 25.3 Å². The van der Waals surface area contributed by atoms with Gasteiger partial charge in [0.15, 0.2) is 5.78 Å². The third-order valence-electron chi connectivity index (χ3n) is 2.73. The Balaban J connectivity index is 2.62. The second-order valence-corrected chi connectivity index (χ2v) is 4.99. The van der Waals surface area contributed by atoms with Crippen LogP contribution in [0.4, 0.5) is 0 Å². The number of hydrogen-bond acceptors (Lipinski definition) is 2. The molecule has 0 radical (unpaired) electrons. The van der Waals surface area contributed by atoms with Crippen LogP contribution >= 0.6 is 11.8 Å². The molecule has 1 aliphatic rings. The van der Waals surface area contributed by atoms with Gasteiger partial charge in [0.25, 0.3) is 0 Å². The number of allylic oxidation sites excluding steroid dienone is 1. The first kappa shape index (κ1) is 10.8. The van der Waals surface area contributed by atoms with Crippen LogP contribution in [0.15, 0.2) is 12.2 Å². The smallest absolute Gasteiger partial charge is 0.152 e. The largest absolute Gasteiger partial charge is 0.295 e. The molecule has 0 aromatic rings. The van der Waals surface area contributed by atoms with Crippen molar-refractivity contribution in [3.8, 4) is 0 Å². The van der Waals surface area contributed by atoms with E-state index < -0.39 is 0 Å². The van der Waals surface area contributed by atoms with E-state index in [1.807, 2.05) is 11.8 Å². The van der Waals surface area contributed by atoms with Crippen LogP contribution in [0.25, 0.3) is 0 Å². The van der Waals surface area contributed by atoms with Gasteiger partial charge in [-0.3, -0.25) is 4.79 Å². The summed E-state index contributed by atoms with van der Waals surface area (Å²) < 4.78 is 0.268. The minimum Gasteiger partial charge on any atom is -0.295 e.